The monoisotopic (exact) mass is 340 g/mol. The predicted molar refractivity (Wildman–Crippen MR) is 104 cm³/mol. The molecule has 0 radical (unpaired) electrons. The predicted octanol–water partition coefficient (Wildman–Crippen LogP) is 2.87. The van der Waals surface area contributed by atoms with E-state index in [0.717, 1.165) is 38.6 Å². The second kappa shape index (κ2) is 10.9. The molecule has 0 heterocycles. The van der Waals surface area contributed by atoms with Gasteiger partial charge in [0.25, 0.3) is 0 Å². The topological polar surface area (TPSA) is 48.9 Å². The van der Waals surface area contributed by atoms with Gasteiger partial charge in [-0.15, -0.1) is 0 Å². The summed E-state index contributed by atoms with van der Waals surface area (Å²) in [6, 6.07) is 1.13. The molecule has 0 bridgehead atoms. The van der Waals surface area contributed by atoms with Gasteiger partial charge in [-0.2, -0.15) is 0 Å². The molecule has 0 aromatic heterocycles. The van der Waals surface area contributed by atoms with Gasteiger partial charge in [0.05, 0.1) is 0 Å². The maximum absolute atomic E-state index is 5.32. The zero-order valence-corrected chi connectivity index (χ0v) is 16.8. The maximum atomic E-state index is 5.32. The first-order valence-corrected chi connectivity index (χ1v) is 9.63. The number of rotatable bonds is 10. The first-order valence-electron chi connectivity index (χ1n) is 9.63. The lowest BCUT2D eigenvalue weighted by Crippen LogP contribution is -2.47. The van der Waals surface area contributed by atoms with Crippen LogP contribution < -0.4 is 10.6 Å². The molecule has 0 aromatic carbocycles. The Labute approximate surface area is 149 Å². The van der Waals surface area contributed by atoms with Crippen molar-refractivity contribution in [3.05, 3.63) is 0 Å². The fourth-order valence-electron chi connectivity index (χ4n) is 3.87. The van der Waals surface area contributed by atoms with Crippen molar-refractivity contribution in [2.45, 2.75) is 71.9 Å². The van der Waals surface area contributed by atoms with Crippen LogP contribution in [0.4, 0.5) is 0 Å². The summed E-state index contributed by atoms with van der Waals surface area (Å²) in [6.45, 7) is 12.8. The summed E-state index contributed by atoms with van der Waals surface area (Å²) in [5.74, 6) is 0.922. The number of nitrogens with one attached hydrogen (secondary N) is 2. The zero-order chi connectivity index (χ0) is 18.0. The van der Waals surface area contributed by atoms with E-state index in [0.29, 0.717) is 17.5 Å². The standard InChI is InChI=1S/C19H40N4O/c1-16(2)23(17(3)4)13-12-21-18(20-5)22-15-19(11-14-24-6)9-7-8-10-19/h16-17H,7-15H2,1-6H3,(H2,20,21,22). The molecule has 1 rings (SSSR count). The third-order valence-electron chi connectivity index (χ3n) is 5.34. The Balaban J connectivity index is 2.41. The minimum atomic E-state index is 0.384. The molecule has 1 saturated carbocycles. The van der Waals surface area contributed by atoms with E-state index in [-0.39, 0.29) is 0 Å². The highest BCUT2D eigenvalue weighted by molar-refractivity contribution is 5.79. The van der Waals surface area contributed by atoms with Crippen molar-refractivity contribution in [1.82, 2.24) is 15.5 Å². The van der Waals surface area contributed by atoms with Crippen molar-refractivity contribution >= 4 is 5.96 Å². The average Bonchev–Trinajstić information content (AvgIpc) is 3.00. The number of hydrogen-bond donors (Lipinski definition) is 2. The Morgan fingerprint density at radius 2 is 1.75 bits per heavy atom. The zero-order valence-electron chi connectivity index (χ0n) is 16.8. The molecule has 1 fully saturated rings. The normalized spacial score (nSPS) is 18.0. The Bertz CT molecular complexity index is 354. The van der Waals surface area contributed by atoms with Crippen molar-refractivity contribution in [3.63, 3.8) is 0 Å². The van der Waals surface area contributed by atoms with Crippen molar-refractivity contribution in [2.24, 2.45) is 10.4 Å². The van der Waals surface area contributed by atoms with Crippen LogP contribution >= 0.6 is 0 Å². The van der Waals surface area contributed by atoms with E-state index in [1.54, 1.807) is 7.11 Å². The van der Waals surface area contributed by atoms with Crippen LogP contribution in [0.1, 0.15) is 59.8 Å². The van der Waals surface area contributed by atoms with Gasteiger partial charge in [0.1, 0.15) is 0 Å². The number of aliphatic imine (C=N–C) groups is 1. The van der Waals surface area contributed by atoms with Gasteiger partial charge in [0, 0.05) is 52.5 Å². The fourth-order valence-corrected chi connectivity index (χ4v) is 3.87. The number of hydrogen-bond acceptors (Lipinski definition) is 3. The number of ether oxygens (including phenoxy) is 1. The Morgan fingerprint density at radius 3 is 2.25 bits per heavy atom. The minimum absolute atomic E-state index is 0.384. The Morgan fingerprint density at radius 1 is 1.12 bits per heavy atom. The quantitative estimate of drug-likeness (QED) is 0.474. The lowest BCUT2D eigenvalue weighted by atomic mass is 9.83. The first kappa shape index (κ1) is 21.2. The molecule has 0 saturated heterocycles. The smallest absolute Gasteiger partial charge is 0.191 e. The number of methoxy groups -OCH3 is 1. The van der Waals surface area contributed by atoms with Gasteiger partial charge in [-0.25, -0.2) is 0 Å². The highest BCUT2D eigenvalue weighted by atomic mass is 16.5. The summed E-state index contributed by atoms with van der Waals surface area (Å²) in [5.41, 5.74) is 0.384. The summed E-state index contributed by atoms with van der Waals surface area (Å²) in [5, 5.41) is 7.03. The van der Waals surface area contributed by atoms with Gasteiger partial charge in [-0.05, 0) is 52.4 Å². The summed E-state index contributed by atoms with van der Waals surface area (Å²) in [4.78, 5) is 6.89. The van der Waals surface area contributed by atoms with Crippen molar-refractivity contribution in [3.8, 4) is 0 Å². The molecule has 142 valence electrons. The molecule has 0 spiro atoms. The summed E-state index contributed by atoms with van der Waals surface area (Å²) in [7, 11) is 3.65. The van der Waals surface area contributed by atoms with Crippen LogP contribution in [-0.2, 0) is 4.74 Å². The third kappa shape index (κ3) is 6.98. The Hall–Kier alpha value is -0.810. The van der Waals surface area contributed by atoms with E-state index in [4.69, 9.17) is 4.74 Å². The lowest BCUT2D eigenvalue weighted by molar-refractivity contribution is 0.138. The summed E-state index contributed by atoms with van der Waals surface area (Å²) in [6.07, 6.45) is 6.43. The van der Waals surface area contributed by atoms with Gasteiger partial charge >= 0.3 is 0 Å². The lowest BCUT2D eigenvalue weighted by Gasteiger charge is -2.31. The first-order chi connectivity index (χ1) is 11.4. The van der Waals surface area contributed by atoms with Crippen molar-refractivity contribution in [2.75, 3.05) is 40.4 Å². The highest BCUT2D eigenvalue weighted by Crippen LogP contribution is 2.40. The van der Waals surface area contributed by atoms with Crippen LogP contribution in [-0.4, -0.2) is 63.3 Å². The third-order valence-corrected chi connectivity index (χ3v) is 5.34. The van der Waals surface area contributed by atoms with Crippen LogP contribution in [0.5, 0.6) is 0 Å². The molecule has 5 heteroatoms. The molecule has 5 nitrogen and oxygen atoms in total. The average molecular weight is 341 g/mol. The SMILES string of the molecule is CN=C(NCCN(C(C)C)C(C)C)NCC1(CCOC)CCCC1. The fraction of sp³-hybridized carbons (Fsp3) is 0.947. The number of guanidine groups is 1. The van der Waals surface area contributed by atoms with Crippen LogP contribution in [0, 0.1) is 5.41 Å². The molecule has 2 N–H and O–H groups in total. The van der Waals surface area contributed by atoms with E-state index in [1.165, 1.54) is 25.7 Å². The molecule has 0 unspecified atom stereocenters. The summed E-state index contributed by atoms with van der Waals surface area (Å²) >= 11 is 0. The molecule has 24 heavy (non-hydrogen) atoms. The molecule has 0 atom stereocenters. The maximum Gasteiger partial charge on any atom is 0.191 e. The van der Waals surface area contributed by atoms with Gasteiger partial charge in [0.2, 0.25) is 0 Å². The molecular weight excluding hydrogens is 300 g/mol. The minimum Gasteiger partial charge on any atom is -0.385 e. The summed E-state index contributed by atoms with van der Waals surface area (Å²) < 4.78 is 5.32. The van der Waals surface area contributed by atoms with Gasteiger partial charge in [0.15, 0.2) is 5.96 Å². The largest absolute Gasteiger partial charge is 0.385 e. The van der Waals surface area contributed by atoms with Gasteiger partial charge < -0.3 is 15.4 Å². The van der Waals surface area contributed by atoms with Crippen LogP contribution in [0.3, 0.4) is 0 Å². The van der Waals surface area contributed by atoms with E-state index >= 15 is 0 Å². The second-order valence-electron chi connectivity index (χ2n) is 7.73. The molecule has 0 aromatic rings. The van der Waals surface area contributed by atoms with E-state index in [2.05, 4.69) is 48.2 Å². The van der Waals surface area contributed by atoms with Crippen molar-refractivity contribution in [1.29, 1.82) is 0 Å². The van der Waals surface area contributed by atoms with E-state index < -0.39 is 0 Å². The van der Waals surface area contributed by atoms with Crippen LogP contribution in [0.25, 0.3) is 0 Å². The number of nitrogens with zero attached hydrogens (tertiary/aromatic N) is 2. The van der Waals surface area contributed by atoms with E-state index in [9.17, 15) is 0 Å². The van der Waals surface area contributed by atoms with E-state index in [1.807, 2.05) is 7.05 Å². The van der Waals surface area contributed by atoms with Crippen LogP contribution in [0.15, 0.2) is 4.99 Å². The molecule has 0 amide bonds. The van der Waals surface area contributed by atoms with Crippen molar-refractivity contribution < 1.29 is 4.74 Å². The highest BCUT2D eigenvalue weighted by Gasteiger charge is 2.33. The molecule has 1 aliphatic carbocycles. The van der Waals surface area contributed by atoms with Gasteiger partial charge in [-0.3, -0.25) is 9.89 Å². The molecular formula is C19H40N4O. The Kier molecular flexibility index (Phi) is 9.67. The second-order valence-corrected chi connectivity index (χ2v) is 7.73. The van der Waals surface area contributed by atoms with Crippen LogP contribution in [0.2, 0.25) is 0 Å². The molecule has 1 aliphatic rings. The molecule has 0 aliphatic heterocycles. The van der Waals surface area contributed by atoms with Gasteiger partial charge in [-0.1, -0.05) is 12.8 Å².